The predicted molar refractivity (Wildman–Crippen MR) is 44.8 cm³/mol. The van der Waals surface area contributed by atoms with Gasteiger partial charge in [-0.3, -0.25) is 0 Å². The topological polar surface area (TPSA) is 127 Å². The van der Waals surface area contributed by atoms with Crippen LogP contribution in [0, 0.1) is 0 Å². The van der Waals surface area contributed by atoms with Gasteiger partial charge < -0.3 is 31.3 Å². The van der Waals surface area contributed by atoms with Crippen LogP contribution in [0.25, 0.3) is 0 Å². The van der Waals surface area contributed by atoms with E-state index in [4.69, 9.17) is 15.9 Å². The quantitative estimate of drug-likeness (QED) is 0.274. The van der Waals surface area contributed by atoms with E-state index in [0.29, 0.717) is 0 Å². The van der Waals surface area contributed by atoms with E-state index in [0.717, 1.165) is 0 Å². The van der Waals surface area contributed by atoms with Gasteiger partial charge in [-0.15, -0.1) is 0 Å². The Kier molecular flexibility index (Phi) is 4.76. The molecule has 6 heteroatoms. The number of rotatable bonds is 5. The van der Waals surface area contributed by atoms with Crippen molar-refractivity contribution >= 4 is 0 Å². The van der Waals surface area contributed by atoms with Crippen molar-refractivity contribution in [3.8, 4) is 0 Å². The summed E-state index contributed by atoms with van der Waals surface area (Å²) in [5, 5.41) is 45.3. The van der Waals surface area contributed by atoms with Crippen LogP contribution in [-0.2, 0) is 0 Å². The fourth-order valence-corrected chi connectivity index (χ4v) is 0.807. The molecule has 0 saturated heterocycles. The van der Waals surface area contributed by atoms with Crippen molar-refractivity contribution in [3.05, 3.63) is 0 Å². The van der Waals surface area contributed by atoms with E-state index in [1.54, 1.807) is 0 Å². The highest BCUT2D eigenvalue weighted by atomic mass is 16.4. The number of aliphatic hydroxyl groups is 5. The van der Waals surface area contributed by atoms with Gasteiger partial charge in [-0.05, 0) is 6.92 Å². The Morgan fingerprint density at radius 3 is 2.08 bits per heavy atom. The van der Waals surface area contributed by atoms with Crippen LogP contribution in [0.1, 0.15) is 6.92 Å². The molecule has 0 radical (unpaired) electrons. The van der Waals surface area contributed by atoms with E-state index in [2.05, 4.69) is 0 Å². The summed E-state index contributed by atoms with van der Waals surface area (Å²) in [6.07, 6.45) is -4.71. The van der Waals surface area contributed by atoms with E-state index in [1.807, 2.05) is 0 Å². The summed E-state index contributed by atoms with van der Waals surface area (Å²) in [6.45, 7) is 0.271. The predicted octanol–water partition coefficient (Wildman–Crippen LogP) is -3.23. The van der Waals surface area contributed by atoms with Gasteiger partial charge in [0.1, 0.15) is 23.9 Å². The summed E-state index contributed by atoms with van der Waals surface area (Å²) < 4.78 is 0. The van der Waals surface area contributed by atoms with Gasteiger partial charge in [-0.25, -0.2) is 0 Å². The van der Waals surface area contributed by atoms with Crippen molar-refractivity contribution in [1.82, 2.24) is 0 Å². The highest BCUT2D eigenvalue weighted by Crippen LogP contribution is 2.13. The van der Waals surface area contributed by atoms with E-state index >= 15 is 0 Å². The molecule has 0 aromatic rings. The fraction of sp³-hybridized carbons (Fsp3) is 1.00. The van der Waals surface area contributed by atoms with Gasteiger partial charge in [0, 0.05) is 6.54 Å². The van der Waals surface area contributed by atoms with Crippen LogP contribution >= 0.6 is 0 Å². The first kappa shape index (κ1) is 12.8. The minimum atomic E-state index is -1.68. The first-order valence-electron chi connectivity index (χ1n) is 3.94. The van der Waals surface area contributed by atoms with E-state index < -0.39 is 30.5 Å². The lowest BCUT2D eigenvalue weighted by Crippen LogP contribution is -2.55. The van der Waals surface area contributed by atoms with Crippen LogP contribution in [-0.4, -0.2) is 62.6 Å². The number of aliphatic hydroxyl groups excluding tert-OH is 4. The third-order valence-corrected chi connectivity index (χ3v) is 1.96. The summed E-state index contributed by atoms with van der Waals surface area (Å²) in [4.78, 5) is 0. The Bertz CT molecular complexity index is 152. The van der Waals surface area contributed by atoms with Crippen molar-refractivity contribution in [2.45, 2.75) is 30.8 Å². The number of hydrogen-bond donors (Lipinski definition) is 6. The smallest absolute Gasteiger partial charge is 0.112 e. The largest absolute Gasteiger partial charge is 0.394 e. The minimum Gasteiger partial charge on any atom is -0.394 e. The first-order chi connectivity index (χ1) is 5.86. The van der Waals surface area contributed by atoms with E-state index in [-0.39, 0.29) is 6.54 Å². The molecule has 0 heterocycles. The maximum absolute atomic E-state index is 9.38. The second-order valence-corrected chi connectivity index (χ2v) is 3.25. The Morgan fingerprint density at radius 1 is 1.31 bits per heavy atom. The van der Waals surface area contributed by atoms with E-state index in [1.165, 1.54) is 6.92 Å². The summed E-state index contributed by atoms with van der Waals surface area (Å²) in [5.74, 6) is 0. The Hall–Kier alpha value is -0.240. The molecule has 0 aromatic carbocycles. The summed E-state index contributed by atoms with van der Waals surface area (Å²) in [6, 6.07) is 0. The third kappa shape index (κ3) is 3.18. The molecule has 0 aliphatic heterocycles. The summed E-state index contributed by atoms with van der Waals surface area (Å²) in [7, 11) is 0. The molecular formula is C7H17NO5. The van der Waals surface area contributed by atoms with Crippen molar-refractivity contribution in [3.63, 3.8) is 0 Å². The number of nitrogens with two attached hydrogens (primary N) is 1. The Balaban J connectivity index is 4.32. The fourth-order valence-electron chi connectivity index (χ4n) is 0.807. The molecule has 0 aromatic heterocycles. The average Bonchev–Trinajstić information content (AvgIpc) is 2.14. The molecule has 0 amide bonds. The molecule has 0 aliphatic carbocycles. The van der Waals surface area contributed by atoms with Crippen LogP contribution in [0.5, 0.6) is 0 Å². The van der Waals surface area contributed by atoms with Crippen LogP contribution in [0.15, 0.2) is 0 Å². The van der Waals surface area contributed by atoms with Crippen molar-refractivity contribution in [1.29, 1.82) is 0 Å². The highest BCUT2D eigenvalue weighted by Gasteiger charge is 2.37. The highest BCUT2D eigenvalue weighted by molar-refractivity contribution is 4.90. The molecule has 80 valence electrons. The van der Waals surface area contributed by atoms with Crippen LogP contribution in [0.3, 0.4) is 0 Å². The SMILES string of the molecule is C[C@](O)(CN)[C@@H](O)[C@H](O)[C@H](O)CO. The number of hydrogen-bond acceptors (Lipinski definition) is 6. The zero-order valence-electron chi connectivity index (χ0n) is 7.46. The Labute approximate surface area is 76.2 Å². The van der Waals surface area contributed by atoms with E-state index in [9.17, 15) is 15.3 Å². The lowest BCUT2D eigenvalue weighted by Gasteiger charge is -2.32. The second-order valence-electron chi connectivity index (χ2n) is 3.25. The van der Waals surface area contributed by atoms with Gasteiger partial charge in [0.05, 0.1) is 6.61 Å². The average molecular weight is 195 g/mol. The lowest BCUT2D eigenvalue weighted by molar-refractivity contribution is -0.147. The van der Waals surface area contributed by atoms with Gasteiger partial charge in [0.2, 0.25) is 0 Å². The molecule has 0 unspecified atom stereocenters. The second kappa shape index (κ2) is 4.85. The Morgan fingerprint density at radius 2 is 1.77 bits per heavy atom. The zero-order chi connectivity index (χ0) is 10.6. The van der Waals surface area contributed by atoms with Crippen LogP contribution < -0.4 is 5.73 Å². The zero-order valence-corrected chi connectivity index (χ0v) is 7.46. The molecule has 0 saturated carbocycles. The van der Waals surface area contributed by atoms with Gasteiger partial charge in [0.25, 0.3) is 0 Å². The van der Waals surface area contributed by atoms with Crippen molar-refractivity contribution < 1.29 is 25.5 Å². The van der Waals surface area contributed by atoms with Gasteiger partial charge in [-0.2, -0.15) is 0 Å². The molecule has 7 N–H and O–H groups in total. The molecule has 0 bridgehead atoms. The lowest BCUT2D eigenvalue weighted by atomic mass is 9.92. The normalized spacial score (nSPS) is 23.3. The van der Waals surface area contributed by atoms with Crippen molar-refractivity contribution in [2.75, 3.05) is 13.2 Å². The molecule has 0 rings (SSSR count). The molecule has 6 nitrogen and oxygen atoms in total. The van der Waals surface area contributed by atoms with Gasteiger partial charge in [0.15, 0.2) is 0 Å². The van der Waals surface area contributed by atoms with Crippen LogP contribution in [0.4, 0.5) is 0 Å². The maximum atomic E-state index is 9.38. The molecule has 0 aliphatic rings. The van der Waals surface area contributed by atoms with Gasteiger partial charge in [-0.1, -0.05) is 0 Å². The van der Waals surface area contributed by atoms with Crippen molar-refractivity contribution in [2.24, 2.45) is 5.73 Å². The third-order valence-electron chi connectivity index (χ3n) is 1.96. The molecular weight excluding hydrogens is 178 g/mol. The maximum Gasteiger partial charge on any atom is 0.112 e. The first-order valence-corrected chi connectivity index (χ1v) is 3.94. The summed E-state index contributed by atoms with van der Waals surface area (Å²) in [5.41, 5.74) is 3.44. The van der Waals surface area contributed by atoms with Crippen LogP contribution in [0.2, 0.25) is 0 Å². The van der Waals surface area contributed by atoms with Gasteiger partial charge >= 0.3 is 0 Å². The minimum absolute atomic E-state index is 0.261. The molecule has 13 heavy (non-hydrogen) atoms. The molecule has 4 atom stereocenters. The monoisotopic (exact) mass is 195 g/mol. The standard InChI is InChI=1S/C7H17NO5/c1-7(13,3-8)6(12)5(11)4(10)2-9/h4-6,9-13H,2-3,8H2,1H3/t4-,5-,6+,7+/m1/s1. The summed E-state index contributed by atoms with van der Waals surface area (Å²) >= 11 is 0. The molecule has 0 spiro atoms. The molecule has 0 fully saturated rings.